The van der Waals surface area contributed by atoms with Gasteiger partial charge in [0.1, 0.15) is 0 Å². The van der Waals surface area contributed by atoms with E-state index in [1.165, 1.54) is 0 Å². The third-order valence-corrected chi connectivity index (χ3v) is 2.82. The van der Waals surface area contributed by atoms with Gasteiger partial charge in [0.05, 0.1) is 12.8 Å². The Morgan fingerprint density at radius 3 is 2.90 bits per heavy atom. The average Bonchev–Trinajstić information content (AvgIpc) is 3.04. The van der Waals surface area contributed by atoms with Gasteiger partial charge in [0, 0.05) is 11.5 Å². The number of anilines is 1. The number of hydrogen-bond donors (Lipinski definition) is 1. The largest absolute Gasteiger partial charge is 0.493 e. The molecular weight excluding hydrogens is 260 g/mol. The summed E-state index contributed by atoms with van der Waals surface area (Å²) < 4.78 is 15.6. The first-order valence-electron chi connectivity index (χ1n) is 5.98. The maximum Gasteiger partial charge on any atom is 0.293 e. The molecule has 2 aromatic heterocycles. The zero-order valence-electron chi connectivity index (χ0n) is 11.0. The average molecular weight is 272 g/mol. The molecule has 0 aliphatic rings. The second-order valence-electron chi connectivity index (χ2n) is 4.28. The second kappa shape index (κ2) is 4.73. The van der Waals surface area contributed by atoms with E-state index in [2.05, 4.69) is 10.5 Å². The molecule has 0 unspecified atom stereocenters. The molecule has 0 spiro atoms. The summed E-state index contributed by atoms with van der Waals surface area (Å²) in [5, 5.41) is 7.06. The minimum absolute atomic E-state index is 0.179. The monoisotopic (exact) mass is 272 g/mol. The van der Waals surface area contributed by atoms with Crippen LogP contribution < -0.4 is 10.1 Å². The summed E-state index contributed by atoms with van der Waals surface area (Å²) in [5.41, 5.74) is 1.22. The lowest BCUT2D eigenvalue weighted by Crippen LogP contribution is -2.09. The molecule has 20 heavy (non-hydrogen) atoms. The maximum absolute atomic E-state index is 12.1. The predicted molar refractivity (Wildman–Crippen MR) is 72.0 cm³/mol. The van der Waals surface area contributed by atoms with E-state index in [1.807, 2.05) is 12.1 Å². The number of fused-ring (bicyclic) bond motifs is 1. The van der Waals surface area contributed by atoms with Gasteiger partial charge in [0.15, 0.2) is 17.1 Å². The van der Waals surface area contributed by atoms with Gasteiger partial charge in [-0.25, -0.2) is 0 Å². The van der Waals surface area contributed by atoms with Crippen LogP contribution in [-0.2, 0) is 0 Å². The highest BCUT2D eigenvalue weighted by atomic mass is 16.5. The minimum Gasteiger partial charge on any atom is -0.493 e. The SMILES string of the molecule is COc1cccc2cc(C(=O)Nc3cc(C)no3)oc12. The van der Waals surface area contributed by atoms with E-state index in [1.54, 1.807) is 32.2 Å². The van der Waals surface area contributed by atoms with Gasteiger partial charge in [-0.15, -0.1) is 0 Å². The molecule has 0 saturated heterocycles. The summed E-state index contributed by atoms with van der Waals surface area (Å²) in [7, 11) is 1.55. The molecule has 0 fully saturated rings. The summed E-state index contributed by atoms with van der Waals surface area (Å²) in [5.74, 6) is 0.634. The van der Waals surface area contributed by atoms with Gasteiger partial charge >= 0.3 is 0 Å². The van der Waals surface area contributed by atoms with Crippen molar-refractivity contribution >= 4 is 22.8 Å². The van der Waals surface area contributed by atoms with Crippen LogP contribution in [0.5, 0.6) is 5.75 Å². The van der Waals surface area contributed by atoms with Crippen LogP contribution in [0.1, 0.15) is 16.2 Å². The highest BCUT2D eigenvalue weighted by molar-refractivity contribution is 6.04. The zero-order valence-corrected chi connectivity index (χ0v) is 11.0. The highest BCUT2D eigenvalue weighted by Crippen LogP contribution is 2.28. The molecule has 0 saturated carbocycles. The predicted octanol–water partition coefficient (Wildman–Crippen LogP) is 2.99. The van der Waals surface area contributed by atoms with Crippen molar-refractivity contribution in [1.29, 1.82) is 0 Å². The summed E-state index contributed by atoms with van der Waals surface area (Å²) in [6, 6.07) is 8.72. The number of aromatic nitrogens is 1. The third kappa shape index (κ3) is 2.11. The number of carbonyl (C=O) groups is 1. The van der Waals surface area contributed by atoms with Gasteiger partial charge in [-0.05, 0) is 19.1 Å². The number of nitrogens with zero attached hydrogens (tertiary/aromatic N) is 1. The summed E-state index contributed by atoms with van der Waals surface area (Å²) in [4.78, 5) is 12.1. The van der Waals surface area contributed by atoms with Gasteiger partial charge in [-0.1, -0.05) is 17.3 Å². The molecule has 0 atom stereocenters. The zero-order chi connectivity index (χ0) is 14.1. The van der Waals surface area contributed by atoms with Crippen molar-refractivity contribution in [2.75, 3.05) is 12.4 Å². The first-order chi connectivity index (χ1) is 9.67. The minimum atomic E-state index is -0.403. The van der Waals surface area contributed by atoms with E-state index < -0.39 is 5.91 Å². The molecule has 0 bridgehead atoms. The van der Waals surface area contributed by atoms with Crippen molar-refractivity contribution < 1.29 is 18.5 Å². The van der Waals surface area contributed by atoms with E-state index in [4.69, 9.17) is 13.7 Å². The molecule has 0 radical (unpaired) electrons. The van der Waals surface area contributed by atoms with Gasteiger partial charge < -0.3 is 13.7 Å². The number of para-hydroxylation sites is 1. The molecule has 1 amide bonds. The topological polar surface area (TPSA) is 77.5 Å². The van der Waals surface area contributed by atoms with Crippen LogP contribution in [0.4, 0.5) is 5.88 Å². The number of hydrogen-bond acceptors (Lipinski definition) is 5. The Hall–Kier alpha value is -2.76. The number of carbonyl (C=O) groups excluding carboxylic acids is 1. The van der Waals surface area contributed by atoms with Crippen LogP contribution in [0.15, 0.2) is 39.3 Å². The molecule has 6 nitrogen and oxygen atoms in total. The number of methoxy groups -OCH3 is 1. The lowest BCUT2D eigenvalue weighted by molar-refractivity contribution is 0.0995. The molecule has 1 aromatic carbocycles. The number of furan rings is 1. The summed E-state index contributed by atoms with van der Waals surface area (Å²) in [6.07, 6.45) is 0. The van der Waals surface area contributed by atoms with Crippen LogP contribution in [0, 0.1) is 6.92 Å². The van der Waals surface area contributed by atoms with E-state index in [0.717, 1.165) is 5.39 Å². The molecule has 3 rings (SSSR count). The first-order valence-corrected chi connectivity index (χ1v) is 5.98. The lowest BCUT2D eigenvalue weighted by Gasteiger charge is -1.99. The highest BCUT2D eigenvalue weighted by Gasteiger charge is 2.16. The van der Waals surface area contributed by atoms with Crippen molar-refractivity contribution in [3.05, 3.63) is 41.8 Å². The molecule has 102 valence electrons. The fraction of sp³-hybridized carbons (Fsp3) is 0.143. The van der Waals surface area contributed by atoms with Crippen LogP contribution in [0.25, 0.3) is 11.0 Å². The number of aryl methyl sites for hydroxylation is 1. The molecule has 0 aliphatic carbocycles. The number of benzene rings is 1. The first kappa shape index (κ1) is 12.3. The van der Waals surface area contributed by atoms with Gasteiger partial charge in [0.2, 0.25) is 5.88 Å². The number of amides is 1. The van der Waals surface area contributed by atoms with Gasteiger partial charge in [0.25, 0.3) is 5.91 Å². The van der Waals surface area contributed by atoms with Crippen molar-refractivity contribution in [2.24, 2.45) is 0 Å². The molecule has 0 aliphatic heterocycles. The quantitative estimate of drug-likeness (QED) is 0.793. The van der Waals surface area contributed by atoms with E-state index in [0.29, 0.717) is 17.0 Å². The Bertz CT molecular complexity index is 772. The Labute approximate surface area is 114 Å². The van der Waals surface area contributed by atoms with Crippen LogP contribution >= 0.6 is 0 Å². The summed E-state index contributed by atoms with van der Waals surface area (Å²) >= 11 is 0. The van der Waals surface area contributed by atoms with Gasteiger partial charge in [-0.2, -0.15) is 0 Å². The molecule has 3 aromatic rings. The Balaban J connectivity index is 1.92. The fourth-order valence-electron chi connectivity index (χ4n) is 1.90. The Morgan fingerprint density at radius 1 is 1.35 bits per heavy atom. The smallest absolute Gasteiger partial charge is 0.293 e. The lowest BCUT2D eigenvalue weighted by atomic mass is 10.2. The fourth-order valence-corrected chi connectivity index (χ4v) is 1.90. The van der Waals surface area contributed by atoms with Crippen LogP contribution in [-0.4, -0.2) is 18.2 Å². The van der Waals surface area contributed by atoms with E-state index in [-0.39, 0.29) is 11.6 Å². The molecular formula is C14H12N2O4. The number of ether oxygens (including phenoxy) is 1. The Morgan fingerprint density at radius 2 is 2.20 bits per heavy atom. The molecule has 1 N–H and O–H groups in total. The van der Waals surface area contributed by atoms with Crippen molar-refractivity contribution in [2.45, 2.75) is 6.92 Å². The normalized spacial score (nSPS) is 10.7. The van der Waals surface area contributed by atoms with Crippen molar-refractivity contribution in [3.8, 4) is 5.75 Å². The number of nitrogens with one attached hydrogen (secondary N) is 1. The van der Waals surface area contributed by atoms with E-state index in [9.17, 15) is 4.79 Å². The molecule has 2 heterocycles. The van der Waals surface area contributed by atoms with Crippen molar-refractivity contribution in [3.63, 3.8) is 0 Å². The van der Waals surface area contributed by atoms with Crippen LogP contribution in [0.2, 0.25) is 0 Å². The van der Waals surface area contributed by atoms with Crippen LogP contribution in [0.3, 0.4) is 0 Å². The second-order valence-corrected chi connectivity index (χ2v) is 4.28. The van der Waals surface area contributed by atoms with Gasteiger partial charge in [-0.3, -0.25) is 10.1 Å². The Kier molecular flexibility index (Phi) is 2.90. The molecule has 6 heteroatoms. The van der Waals surface area contributed by atoms with E-state index >= 15 is 0 Å². The third-order valence-electron chi connectivity index (χ3n) is 2.82. The maximum atomic E-state index is 12.1. The number of rotatable bonds is 3. The standard InChI is InChI=1S/C14H12N2O4/c1-8-6-12(20-16-8)15-14(17)11-7-9-4-3-5-10(18-2)13(9)19-11/h3-7H,1-2H3,(H,15,17). The summed E-state index contributed by atoms with van der Waals surface area (Å²) in [6.45, 7) is 1.77. The van der Waals surface area contributed by atoms with Crippen molar-refractivity contribution in [1.82, 2.24) is 5.16 Å².